The second-order valence-corrected chi connectivity index (χ2v) is 6.65. The summed E-state index contributed by atoms with van der Waals surface area (Å²) in [5.74, 6) is 0.0468. The van der Waals surface area contributed by atoms with Crippen LogP contribution in [0.2, 0.25) is 0 Å². The minimum Gasteiger partial charge on any atom is -0.496 e. The van der Waals surface area contributed by atoms with Crippen molar-refractivity contribution in [3.8, 4) is 5.75 Å². The van der Waals surface area contributed by atoms with E-state index in [0.717, 1.165) is 11.1 Å². The molecule has 7 nitrogen and oxygen atoms in total. The third-order valence-electron chi connectivity index (χ3n) is 4.64. The van der Waals surface area contributed by atoms with E-state index in [4.69, 9.17) is 4.74 Å². The molecule has 3 rings (SSSR count). The molecule has 0 heterocycles. The highest BCUT2D eigenvalue weighted by Crippen LogP contribution is 2.29. The minimum absolute atomic E-state index is 0.0597. The van der Waals surface area contributed by atoms with Crippen molar-refractivity contribution in [1.82, 2.24) is 5.32 Å². The molecule has 0 fully saturated rings. The first-order chi connectivity index (χ1) is 14.6. The van der Waals surface area contributed by atoms with Crippen molar-refractivity contribution in [2.24, 2.45) is 0 Å². The van der Waals surface area contributed by atoms with Crippen LogP contribution in [0.1, 0.15) is 23.6 Å². The number of nitro benzene ring substituents is 1. The lowest BCUT2D eigenvalue weighted by Gasteiger charge is -2.20. The van der Waals surface area contributed by atoms with Crippen LogP contribution in [-0.4, -0.2) is 24.5 Å². The van der Waals surface area contributed by atoms with Crippen LogP contribution in [0.3, 0.4) is 0 Å². The Kier molecular flexibility index (Phi) is 7.13. The molecule has 7 heteroatoms. The minimum atomic E-state index is -0.544. The second kappa shape index (κ2) is 10.2. The number of methoxy groups -OCH3 is 1. The highest BCUT2D eigenvalue weighted by molar-refractivity contribution is 5.93. The van der Waals surface area contributed by atoms with E-state index < -0.39 is 4.92 Å². The van der Waals surface area contributed by atoms with E-state index in [1.807, 2.05) is 60.7 Å². The monoisotopic (exact) mass is 405 g/mol. The van der Waals surface area contributed by atoms with Crippen molar-refractivity contribution in [1.29, 1.82) is 0 Å². The number of hydrogen-bond acceptors (Lipinski definition) is 5. The van der Waals surface area contributed by atoms with Gasteiger partial charge < -0.3 is 15.4 Å². The first-order valence-corrected chi connectivity index (χ1v) is 9.54. The number of carbonyl (C=O) groups is 1. The fraction of sp³-hybridized carbons (Fsp3) is 0.174. The van der Waals surface area contributed by atoms with Crippen molar-refractivity contribution in [3.63, 3.8) is 0 Å². The van der Waals surface area contributed by atoms with Gasteiger partial charge in [0.15, 0.2) is 0 Å². The Morgan fingerprint density at radius 1 is 1.00 bits per heavy atom. The number of benzene rings is 3. The Hall–Kier alpha value is -3.71. The molecule has 0 saturated carbocycles. The van der Waals surface area contributed by atoms with Gasteiger partial charge in [-0.15, -0.1) is 0 Å². The number of rotatable bonds is 9. The zero-order valence-electron chi connectivity index (χ0n) is 16.6. The summed E-state index contributed by atoms with van der Waals surface area (Å²) in [5, 5.41) is 17.3. The predicted octanol–water partition coefficient (Wildman–Crippen LogP) is 4.31. The summed E-state index contributed by atoms with van der Waals surface area (Å²) in [6, 6.07) is 24.2. The molecule has 0 unspecified atom stereocenters. The summed E-state index contributed by atoms with van der Waals surface area (Å²) in [5.41, 5.74) is 2.13. The van der Waals surface area contributed by atoms with Gasteiger partial charge in [0, 0.05) is 13.0 Å². The summed E-state index contributed by atoms with van der Waals surface area (Å²) < 4.78 is 5.01. The summed E-state index contributed by atoms with van der Waals surface area (Å²) in [6.45, 7) is 0.407. The highest BCUT2D eigenvalue weighted by Gasteiger charge is 2.18. The number of hydrogen-bond donors (Lipinski definition) is 2. The number of amides is 1. The maximum absolute atomic E-state index is 12.4. The van der Waals surface area contributed by atoms with E-state index >= 15 is 0 Å². The zero-order chi connectivity index (χ0) is 21.3. The largest absolute Gasteiger partial charge is 0.496 e. The Morgan fingerprint density at radius 2 is 1.60 bits per heavy atom. The number of nitrogens with zero attached hydrogens (tertiary/aromatic N) is 1. The van der Waals surface area contributed by atoms with Gasteiger partial charge >= 0.3 is 0 Å². The Morgan fingerprint density at radius 3 is 2.13 bits per heavy atom. The lowest BCUT2D eigenvalue weighted by Crippen LogP contribution is -2.27. The fourth-order valence-corrected chi connectivity index (χ4v) is 3.16. The van der Waals surface area contributed by atoms with Gasteiger partial charge in [-0.2, -0.15) is 0 Å². The van der Waals surface area contributed by atoms with Gasteiger partial charge in [-0.3, -0.25) is 14.9 Å². The topological polar surface area (TPSA) is 93.5 Å². The van der Waals surface area contributed by atoms with Crippen molar-refractivity contribution < 1.29 is 14.5 Å². The first-order valence-electron chi connectivity index (χ1n) is 9.54. The lowest BCUT2D eigenvalue weighted by atomic mass is 9.98. The van der Waals surface area contributed by atoms with Crippen LogP contribution < -0.4 is 15.4 Å². The molecule has 0 aromatic heterocycles. The Bertz CT molecular complexity index is 954. The average molecular weight is 405 g/mol. The third-order valence-corrected chi connectivity index (χ3v) is 4.64. The van der Waals surface area contributed by atoms with Crippen molar-refractivity contribution in [2.75, 3.05) is 19.0 Å². The fourth-order valence-electron chi connectivity index (χ4n) is 3.16. The number of ether oxygens (including phenoxy) is 1. The van der Waals surface area contributed by atoms with Crippen LogP contribution >= 0.6 is 0 Å². The van der Waals surface area contributed by atoms with Gasteiger partial charge in [0.25, 0.3) is 5.69 Å². The number of carbonyl (C=O) groups excluding carboxylic acids is 1. The highest BCUT2D eigenvalue weighted by atomic mass is 16.6. The van der Waals surface area contributed by atoms with Gasteiger partial charge in [0.2, 0.25) is 5.91 Å². The smallest absolute Gasteiger partial charge is 0.296 e. The molecule has 0 radical (unpaired) electrons. The first kappa shape index (κ1) is 21.0. The summed E-state index contributed by atoms with van der Waals surface area (Å²) in [6.07, 6.45) is 0.166. The number of nitro groups is 1. The van der Waals surface area contributed by atoms with Crippen LogP contribution in [-0.2, 0) is 4.79 Å². The third kappa shape index (κ3) is 5.42. The van der Waals surface area contributed by atoms with E-state index in [2.05, 4.69) is 10.6 Å². The Labute approximate surface area is 174 Å². The summed E-state index contributed by atoms with van der Waals surface area (Å²) in [7, 11) is 1.43. The van der Waals surface area contributed by atoms with Crippen LogP contribution in [0.15, 0.2) is 78.9 Å². The van der Waals surface area contributed by atoms with Gasteiger partial charge in [-0.05, 0) is 23.3 Å². The number of anilines is 1. The van der Waals surface area contributed by atoms with Gasteiger partial charge in [-0.1, -0.05) is 60.7 Å². The molecule has 154 valence electrons. The van der Waals surface area contributed by atoms with Crippen LogP contribution in [0, 0.1) is 10.1 Å². The maximum Gasteiger partial charge on any atom is 0.296 e. The summed E-state index contributed by atoms with van der Waals surface area (Å²) >= 11 is 0. The normalized spacial score (nSPS) is 10.6. The number of nitrogens with one attached hydrogen (secondary N) is 2. The molecular formula is C23H23N3O4. The van der Waals surface area contributed by atoms with Gasteiger partial charge in [0.1, 0.15) is 11.4 Å². The quantitative estimate of drug-likeness (QED) is 0.409. The predicted molar refractivity (Wildman–Crippen MR) is 116 cm³/mol. The van der Waals surface area contributed by atoms with Crippen molar-refractivity contribution in [2.45, 2.75) is 12.5 Å². The molecule has 30 heavy (non-hydrogen) atoms. The van der Waals surface area contributed by atoms with Gasteiger partial charge in [-0.25, -0.2) is 0 Å². The maximum atomic E-state index is 12.4. The van der Waals surface area contributed by atoms with Crippen LogP contribution in [0.25, 0.3) is 0 Å². The van der Waals surface area contributed by atoms with E-state index in [0.29, 0.717) is 12.3 Å². The van der Waals surface area contributed by atoms with E-state index in [-0.39, 0.29) is 29.7 Å². The second-order valence-electron chi connectivity index (χ2n) is 6.65. The zero-order valence-corrected chi connectivity index (χ0v) is 16.6. The molecule has 0 aliphatic rings. The van der Waals surface area contributed by atoms with Crippen molar-refractivity contribution >= 4 is 17.3 Å². The lowest BCUT2D eigenvalue weighted by molar-refractivity contribution is -0.384. The molecule has 0 aliphatic heterocycles. The standard InChI is InChI=1S/C23H23N3O4/c1-30-19-12-13-20(21(16-19)26(28)29)25-22(27)14-15-24-23(17-8-4-2-5-9-17)18-10-6-3-7-11-18/h2-13,16,23-24H,14-15H2,1H3,(H,25,27). The van der Waals surface area contributed by atoms with Gasteiger partial charge in [0.05, 0.1) is 24.1 Å². The average Bonchev–Trinajstić information content (AvgIpc) is 2.78. The molecule has 0 saturated heterocycles. The summed E-state index contributed by atoms with van der Waals surface area (Å²) in [4.78, 5) is 23.1. The van der Waals surface area contributed by atoms with E-state index in [1.54, 1.807) is 6.07 Å². The molecule has 0 atom stereocenters. The molecule has 0 aliphatic carbocycles. The SMILES string of the molecule is COc1ccc(NC(=O)CCNC(c2ccccc2)c2ccccc2)c([N+](=O)[O-])c1. The van der Waals surface area contributed by atoms with E-state index in [9.17, 15) is 14.9 Å². The molecular weight excluding hydrogens is 382 g/mol. The Balaban J connectivity index is 1.65. The molecule has 3 aromatic rings. The molecule has 0 spiro atoms. The van der Waals surface area contributed by atoms with E-state index in [1.165, 1.54) is 19.2 Å². The molecule has 1 amide bonds. The van der Waals surface area contributed by atoms with Crippen LogP contribution in [0.5, 0.6) is 5.75 Å². The molecule has 0 bridgehead atoms. The van der Waals surface area contributed by atoms with Crippen LogP contribution in [0.4, 0.5) is 11.4 Å². The van der Waals surface area contributed by atoms with Crippen molar-refractivity contribution in [3.05, 3.63) is 100 Å². The molecule has 3 aromatic carbocycles. The molecule has 2 N–H and O–H groups in total.